The number of benzene rings is 2. The van der Waals surface area contributed by atoms with Gasteiger partial charge in [-0.3, -0.25) is 13.9 Å². The Balaban J connectivity index is 1.49. The Labute approximate surface area is 197 Å². The Hall–Kier alpha value is -4.39. The molecule has 2 aromatic carbocycles. The minimum Gasteiger partial charge on any atom is -0.505 e. The second kappa shape index (κ2) is 9.10. The number of anilines is 1. The first-order valence-electron chi connectivity index (χ1n) is 9.97. The van der Waals surface area contributed by atoms with Crippen LogP contribution < -0.4 is 5.32 Å². The zero-order valence-corrected chi connectivity index (χ0v) is 18.8. The van der Waals surface area contributed by atoms with Crippen molar-refractivity contribution in [1.29, 1.82) is 0 Å². The van der Waals surface area contributed by atoms with Crippen molar-refractivity contribution in [3.63, 3.8) is 0 Å². The molecule has 0 saturated heterocycles. The van der Waals surface area contributed by atoms with Crippen molar-refractivity contribution in [2.45, 2.75) is 11.4 Å². The molecule has 1 aliphatic heterocycles. The molecule has 13 heteroatoms. The van der Waals surface area contributed by atoms with Gasteiger partial charge in [0.15, 0.2) is 5.76 Å². The lowest BCUT2D eigenvalue weighted by Gasteiger charge is -2.27. The van der Waals surface area contributed by atoms with E-state index in [4.69, 9.17) is 0 Å². The van der Waals surface area contributed by atoms with Gasteiger partial charge in [-0.25, -0.2) is 21.9 Å². The molecule has 1 amide bonds. The Morgan fingerprint density at radius 3 is 2.51 bits per heavy atom. The summed E-state index contributed by atoms with van der Waals surface area (Å²) < 4.78 is 54.5. The molecule has 0 saturated carbocycles. The number of amides is 1. The predicted octanol–water partition coefficient (Wildman–Crippen LogP) is 2.34. The topological polar surface area (TPSA) is 134 Å². The van der Waals surface area contributed by atoms with Gasteiger partial charge in [0.2, 0.25) is 11.7 Å². The second-order valence-corrected chi connectivity index (χ2v) is 9.29. The van der Waals surface area contributed by atoms with Crippen molar-refractivity contribution in [2.75, 3.05) is 12.4 Å². The van der Waals surface area contributed by atoms with E-state index in [0.29, 0.717) is 4.31 Å². The highest BCUT2D eigenvalue weighted by Crippen LogP contribution is 2.34. The lowest BCUT2D eigenvalue weighted by Crippen LogP contribution is -2.34. The lowest BCUT2D eigenvalue weighted by atomic mass is 10.1. The highest BCUT2D eigenvalue weighted by Gasteiger charge is 2.36. The Bertz CT molecular complexity index is 1490. The van der Waals surface area contributed by atoms with Crippen molar-refractivity contribution in [2.24, 2.45) is 0 Å². The number of aromatic nitrogens is 3. The van der Waals surface area contributed by atoms with E-state index in [9.17, 15) is 31.9 Å². The third-order valence-electron chi connectivity index (χ3n) is 5.05. The van der Waals surface area contributed by atoms with Crippen LogP contribution >= 0.6 is 0 Å². The number of ketones is 1. The maximum atomic E-state index is 13.7. The molecule has 1 aliphatic rings. The van der Waals surface area contributed by atoms with Gasteiger partial charge in [0.1, 0.15) is 35.3 Å². The van der Waals surface area contributed by atoms with E-state index in [2.05, 4.69) is 15.6 Å². The number of para-hydroxylation sites is 1. The monoisotopic (exact) mass is 501 g/mol. The van der Waals surface area contributed by atoms with Crippen molar-refractivity contribution >= 4 is 39.2 Å². The van der Waals surface area contributed by atoms with E-state index in [-0.39, 0.29) is 16.2 Å². The number of carbonyl (C=O) groups is 2. The summed E-state index contributed by atoms with van der Waals surface area (Å²) in [5.41, 5.74) is -0.904. The molecule has 3 aromatic rings. The smallest absolute Gasteiger partial charge is 0.265 e. The van der Waals surface area contributed by atoms with Gasteiger partial charge in [0, 0.05) is 12.6 Å². The van der Waals surface area contributed by atoms with Gasteiger partial charge < -0.3 is 10.4 Å². The largest absolute Gasteiger partial charge is 0.505 e. The molecule has 2 heterocycles. The molecule has 2 N–H and O–H groups in total. The Kier molecular flexibility index (Phi) is 6.18. The molecule has 35 heavy (non-hydrogen) atoms. The van der Waals surface area contributed by atoms with E-state index in [1.807, 2.05) is 0 Å². The molecule has 4 rings (SSSR count). The Morgan fingerprint density at radius 2 is 1.80 bits per heavy atom. The first kappa shape index (κ1) is 23.8. The van der Waals surface area contributed by atoms with Crippen LogP contribution in [0.25, 0.3) is 11.8 Å². The fourth-order valence-electron chi connectivity index (χ4n) is 3.35. The van der Waals surface area contributed by atoms with Crippen molar-refractivity contribution in [1.82, 2.24) is 19.3 Å². The molecular formula is C22H17F2N5O5S. The first-order chi connectivity index (χ1) is 16.6. The fourth-order valence-corrected chi connectivity index (χ4v) is 4.76. The summed E-state index contributed by atoms with van der Waals surface area (Å²) >= 11 is 0. The maximum Gasteiger partial charge on any atom is 0.265 e. The minimum atomic E-state index is -4.04. The fraction of sp³-hybridized carbons (Fsp3) is 0.0909. The van der Waals surface area contributed by atoms with E-state index in [1.54, 1.807) is 0 Å². The summed E-state index contributed by atoms with van der Waals surface area (Å²) in [6.07, 6.45) is 3.49. The van der Waals surface area contributed by atoms with Gasteiger partial charge in [-0.15, -0.1) is 5.10 Å². The number of aliphatic hydroxyl groups is 1. The number of likely N-dealkylation sites (N-methyl/N-ethyl adjacent to an activating group) is 1. The molecule has 0 bridgehead atoms. The summed E-state index contributed by atoms with van der Waals surface area (Å²) in [5, 5.41) is 20.1. The number of carbonyl (C=O) groups excluding carboxylic acids is 2. The highest BCUT2D eigenvalue weighted by molar-refractivity contribution is 7.89. The van der Waals surface area contributed by atoms with Gasteiger partial charge in [-0.05, 0) is 36.4 Å². The van der Waals surface area contributed by atoms with Crippen LogP contribution in [0.15, 0.2) is 65.3 Å². The molecule has 0 spiro atoms. The number of fused-ring (bicyclic) bond motifs is 1. The van der Waals surface area contributed by atoms with Crippen molar-refractivity contribution in [3.8, 4) is 0 Å². The zero-order chi connectivity index (χ0) is 25.3. The first-order valence-corrected chi connectivity index (χ1v) is 11.4. The summed E-state index contributed by atoms with van der Waals surface area (Å²) in [5.74, 6) is -3.95. The van der Waals surface area contributed by atoms with Crippen LogP contribution in [0.3, 0.4) is 0 Å². The van der Waals surface area contributed by atoms with Gasteiger partial charge in [-0.2, -0.15) is 0 Å². The number of rotatable bonds is 6. The number of sulfonamides is 1. The number of nitrogens with one attached hydrogen (secondary N) is 1. The normalized spacial score (nSPS) is 14.8. The van der Waals surface area contributed by atoms with E-state index in [1.165, 1.54) is 36.5 Å². The lowest BCUT2D eigenvalue weighted by molar-refractivity contribution is -0.117. The number of allylic oxidation sites excluding steroid dienone is 1. The van der Waals surface area contributed by atoms with Gasteiger partial charge >= 0.3 is 0 Å². The average molecular weight is 501 g/mol. The maximum absolute atomic E-state index is 13.7. The Morgan fingerprint density at radius 1 is 1.11 bits per heavy atom. The zero-order valence-electron chi connectivity index (χ0n) is 18.0. The quantitative estimate of drug-likeness (QED) is 0.495. The van der Waals surface area contributed by atoms with Crippen LogP contribution in [0.4, 0.5) is 14.5 Å². The molecule has 0 atom stereocenters. The molecule has 180 valence electrons. The molecule has 0 unspecified atom stereocenters. The van der Waals surface area contributed by atoms with Crippen LogP contribution in [-0.4, -0.2) is 51.6 Å². The summed E-state index contributed by atoms with van der Waals surface area (Å²) in [4.78, 5) is 24.7. The minimum absolute atomic E-state index is 0.00518. The second-order valence-electron chi connectivity index (χ2n) is 7.35. The number of nitrogens with zero attached hydrogens (tertiary/aromatic N) is 4. The van der Waals surface area contributed by atoms with Gasteiger partial charge in [-0.1, -0.05) is 23.4 Å². The van der Waals surface area contributed by atoms with Crippen LogP contribution in [-0.2, 0) is 26.2 Å². The van der Waals surface area contributed by atoms with Crippen LogP contribution in [0.1, 0.15) is 11.3 Å². The number of hydrogen-bond acceptors (Lipinski definition) is 7. The van der Waals surface area contributed by atoms with Crippen LogP contribution in [0.5, 0.6) is 0 Å². The van der Waals surface area contributed by atoms with Gasteiger partial charge in [0.05, 0.1) is 11.1 Å². The predicted molar refractivity (Wildman–Crippen MR) is 120 cm³/mol. The summed E-state index contributed by atoms with van der Waals surface area (Å²) in [6, 6.07) is 8.89. The number of halogens is 2. The van der Waals surface area contributed by atoms with Crippen LogP contribution in [0, 0.1) is 11.6 Å². The molecule has 1 aromatic heterocycles. The molecule has 10 nitrogen and oxygen atoms in total. The van der Waals surface area contributed by atoms with Crippen molar-refractivity contribution in [3.05, 3.63) is 83.3 Å². The standard InChI is InChI=1S/C22H17F2N5O5S/c1-28-21(22(32)14-5-2-3-8-18(14)35(28,33)34)17(30)10-9-13-11-29(27-26-13)12-19(31)25-20-15(23)6-4-7-16(20)24/h2-11,32H,12H2,1H3,(H,25,31)/b10-9+. The molecule has 0 radical (unpaired) electrons. The average Bonchev–Trinajstić information content (AvgIpc) is 3.26. The van der Waals surface area contributed by atoms with Gasteiger partial charge in [0.25, 0.3) is 10.0 Å². The number of hydrogen-bond donors (Lipinski definition) is 2. The van der Waals surface area contributed by atoms with E-state index < -0.39 is 57.0 Å². The third-order valence-corrected chi connectivity index (χ3v) is 6.86. The van der Waals surface area contributed by atoms with Crippen molar-refractivity contribution < 1.29 is 31.9 Å². The number of aliphatic hydroxyl groups excluding tert-OH is 1. The van der Waals surface area contributed by atoms with E-state index >= 15 is 0 Å². The molecule has 0 fully saturated rings. The van der Waals surface area contributed by atoms with E-state index in [0.717, 1.165) is 36.0 Å². The van der Waals surface area contributed by atoms with Crippen LogP contribution in [0.2, 0.25) is 0 Å². The summed E-state index contributed by atoms with van der Waals surface area (Å²) in [6.45, 7) is -0.424. The SMILES string of the molecule is CN1C(C(=O)/C=C/c2cn(CC(=O)Nc3c(F)cccc3F)nn2)=C(O)c2ccccc2S1(=O)=O. The molecular weight excluding hydrogens is 484 g/mol. The summed E-state index contributed by atoms with van der Waals surface area (Å²) in [7, 11) is -2.89. The molecule has 0 aliphatic carbocycles. The third kappa shape index (κ3) is 4.53. The highest BCUT2D eigenvalue weighted by atomic mass is 32.2.